The third-order valence-electron chi connectivity index (χ3n) is 1.28. The van der Waals surface area contributed by atoms with Crippen molar-refractivity contribution < 1.29 is 17.9 Å². The molecular formula is C7HBrClF3N2O. The first-order chi connectivity index (χ1) is 6.85. The van der Waals surface area contributed by atoms with Gasteiger partial charge in [0.25, 0.3) is 0 Å². The molecule has 1 rings (SSSR count). The van der Waals surface area contributed by atoms with Gasteiger partial charge >= 0.3 is 6.36 Å². The average Bonchev–Trinajstić information content (AvgIpc) is 2.10. The van der Waals surface area contributed by atoms with Crippen LogP contribution in [-0.2, 0) is 0 Å². The van der Waals surface area contributed by atoms with Crippen LogP contribution in [0.1, 0.15) is 5.56 Å². The van der Waals surface area contributed by atoms with Crippen LogP contribution in [-0.4, -0.2) is 11.3 Å². The van der Waals surface area contributed by atoms with Gasteiger partial charge in [-0.1, -0.05) is 11.6 Å². The lowest BCUT2D eigenvalue weighted by atomic mass is 10.3. The molecule has 1 heterocycles. The second-order valence-corrected chi connectivity index (χ2v) is 3.39. The zero-order valence-electron chi connectivity index (χ0n) is 6.77. The van der Waals surface area contributed by atoms with E-state index in [-0.39, 0.29) is 9.63 Å². The number of nitriles is 1. The van der Waals surface area contributed by atoms with Crippen molar-refractivity contribution in [1.29, 1.82) is 5.26 Å². The van der Waals surface area contributed by atoms with Crippen LogP contribution in [0.5, 0.6) is 5.75 Å². The largest absolute Gasteiger partial charge is 0.573 e. The van der Waals surface area contributed by atoms with Crippen LogP contribution in [0, 0.1) is 11.3 Å². The fraction of sp³-hybridized carbons (Fsp3) is 0.143. The Hall–Kier alpha value is -1.00. The SMILES string of the molecule is N#Cc1c(OC(F)(F)F)cnc(Br)c1Cl. The first kappa shape index (κ1) is 12.1. The fourth-order valence-electron chi connectivity index (χ4n) is 0.754. The summed E-state index contributed by atoms with van der Waals surface area (Å²) in [6.07, 6.45) is -4.12. The molecule has 0 aromatic carbocycles. The van der Waals surface area contributed by atoms with Gasteiger partial charge in [0.15, 0.2) is 5.75 Å². The van der Waals surface area contributed by atoms with Crippen LogP contribution in [0.3, 0.4) is 0 Å². The van der Waals surface area contributed by atoms with Gasteiger partial charge in [-0.05, 0) is 15.9 Å². The predicted molar refractivity (Wildman–Crippen MR) is 48.3 cm³/mol. The third kappa shape index (κ3) is 2.97. The summed E-state index contributed by atoms with van der Waals surface area (Å²) in [5, 5.41) is 8.37. The summed E-state index contributed by atoms with van der Waals surface area (Å²) in [6.45, 7) is 0. The van der Waals surface area contributed by atoms with E-state index in [0.29, 0.717) is 0 Å². The van der Waals surface area contributed by atoms with Crippen molar-refractivity contribution in [2.45, 2.75) is 6.36 Å². The molecule has 0 atom stereocenters. The number of pyridine rings is 1. The van der Waals surface area contributed by atoms with Crippen molar-refractivity contribution in [3.8, 4) is 11.8 Å². The molecule has 0 unspecified atom stereocenters. The quantitative estimate of drug-likeness (QED) is 0.748. The molecule has 1 aromatic rings. The molecule has 80 valence electrons. The molecule has 15 heavy (non-hydrogen) atoms. The normalized spacial score (nSPS) is 10.9. The second kappa shape index (κ2) is 4.24. The van der Waals surface area contributed by atoms with Crippen molar-refractivity contribution in [1.82, 2.24) is 4.98 Å². The molecule has 0 saturated carbocycles. The highest BCUT2D eigenvalue weighted by atomic mass is 79.9. The summed E-state index contributed by atoms with van der Waals surface area (Å²) in [5.74, 6) is -0.724. The number of alkyl halides is 3. The highest BCUT2D eigenvalue weighted by Gasteiger charge is 2.33. The Bertz CT molecular complexity index is 429. The monoisotopic (exact) mass is 300 g/mol. The zero-order chi connectivity index (χ0) is 11.6. The van der Waals surface area contributed by atoms with E-state index in [4.69, 9.17) is 16.9 Å². The van der Waals surface area contributed by atoms with E-state index in [9.17, 15) is 13.2 Å². The zero-order valence-corrected chi connectivity index (χ0v) is 9.11. The van der Waals surface area contributed by atoms with Gasteiger partial charge in [-0.2, -0.15) is 5.26 Å². The minimum atomic E-state index is -4.88. The first-order valence-electron chi connectivity index (χ1n) is 3.35. The summed E-state index contributed by atoms with van der Waals surface area (Å²) in [6, 6.07) is 1.50. The maximum absolute atomic E-state index is 11.9. The number of halogens is 5. The van der Waals surface area contributed by atoms with Crippen molar-refractivity contribution in [2.24, 2.45) is 0 Å². The fourth-order valence-corrected chi connectivity index (χ4v) is 1.24. The Labute approximate surface area is 95.6 Å². The van der Waals surface area contributed by atoms with Gasteiger partial charge in [-0.3, -0.25) is 0 Å². The first-order valence-corrected chi connectivity index (χ1v) is 4.52. The molecule has 0 aliphatic heterocycles. The number of rotatable bonds is 1. The standard InChI is InChI=1S/C7HBrClF3N2O/c8-6-5(9)3(1-13)4(2-14-6)15-7(10,11)12/h2H. The highest BCUT2D eigenvalue weighted by Crippen LogP contribution is 2.33. The Morgan fingerprint density at radius 3 is 2.60 bits per heavy atom. The van der Waals surface area contributed by atoms with E-state index in [0.717, 1.165) is 6.20 Å². The number of nitrogens with zero attached hydrogens (tertiary/aromatic N) is 2. The molecule has 1 aromatic heterocycles. The van der Waals surface area contributed by atoms with Crippen LogP contribution >= 0.6 is 27.5 Å². The molecule has 0 fully saturated rings. The van der Waals surface area contributed by atoms with E-state index in [1.165, 1.54) is 6.07 Å². The van der Waals surface area contributed by atoms with E-state index < -0.39 is 17.7 Å². The van der Waals surface area contributed by atoms with Crippen LogP contribution in [0.2, 0.25) is 5.02 Å². The predicted octanol–water partition coefficient (Wildman–Crippen LogP) is 3.27. The lowest BCUT2D eigenvalue weighted by Crippen LogP contribution is -2.18. The highest BCUT2D eigenvalue weighted by molar-refractivity contribution is 9.10. The van der Waals surface area contributed by atoms with Crippen molar-refractivity contribution in [3.05, 3.63) is 21.4 Å². The van der Waals surface area contributed by atoms with Gasteiger partial charge < -0.3 is 4.74 Å². The van der Waals surface area contributed by atoms with Crippen LogP contribution < -0.4 is 4.74 Å². The van der Waals surface area contributed by atoms with Gasteiger partial charge in [-0.25, -0.2) is 4.98 Å². The smallest absolute Gasteiger partial charge is 0.403 e. The number of ether oxygens (including phenoxy) is 1. The van der Waals surface area contributed by atoms with Gasteiger partial charge in [-0.15, -0.1) is 13.2 Å². The lowest BCUT2D eigenvalue weighted by Gasteiger charge is -2.10. The van der Waals surface area contributed by atoms with Crippen molar-refractivity contribution >= 4 is 27.5 Å². The molecule has 8 heteroatoms. The minimum absolute atomic E-state index is 0.0789. The Kier molecular flexibility index (Phi) is 3.42. The molecule has 0 amide bonds. The summed E-state index contributed by atoms with van der Waals surface area (Å²) in [4.78, 5) is 3.48. The Balaban J connectivity index is 3.21. The average molecular weight is 301 g/mol. The number of aromatic nitrogens is 1. The van der Waals surface area contributed by atoms with Crippen LogP contribution in [0.25, 0.3) is 0 Å². The Morgan fingerprint density at radius 1 is 1.53 bits per heavy atom. The number of hydrogen-bond donors (Lipinski definition) is 0. The summed E-state index contributed by atoms with van der Waals surface area (Å²) >= 11 is 8.42. The summed E-state index contributed by atoms with van der Waals surface area (Å²) < 4.78 is 39.3. The van der Waals surface area contributed by atoms with Gasteiger partial charge in [0.2, 0.25) is 0 Å². The summed E-state index contributed by atoms with van der Waals surface area (Å²) in [7, 11) is 0. The van der Waals surface area contributed by atoms with E-state index in [1.54, 1.807) is 0 Å². The molecule has 0 aliphatic rings. The molecule has 0 N–H and O–H groups in total. The minimum Gasteiger partial charge on any atom is -0.403 e. The third-order valence-corrected chi connectivity index (χ3v) is 2.48. The van der Waals surface area contributed by atoms with Crippen molar-refractivity contribution in [2.75, 3.05) is 0 Å². The van der Waals surface area contributed by atoms with Crippen LogP contribution in [0.15, 0.2) is 10.8 Å². The second-order valence-electron chi connectivity index (χ2n) is 2.26. The maximum Gasteiger partial charge on any atom is 0.573 e. The maximum atomic E-state index is 11.9. The van der Waals surface area contributed by atoms with E-state index >= 15 is 0 Å². The molecule has 0 aliphatic carbocycles. The van der Waals surface area contributed by atoms with Crippen LogP contribution in [0.4, 0.5) is 13.2 Å². The van der Waals surface area contributed by atoms with Gasteiger partial charge in [0.05, 0.1) is 11.2 Å². The molecular weight excluding hydrogens is 300 g/mol. The molecule has 3 nitrogen and oxygen atoms in total. The van der Waals surface area contributed by atoms with Gasteiger partial charge in [0.1, 0.15) is 16.2 Å². The van der Waals surface area contributed by atoms with E-state index in [1.807, 2.05) is 0 Å². The topological polar surface area (TPSA) is 45.9 Å². The lowest BCUT2D eigenvalue weighted by molar-refractivity contribution is -0.274. The summed E-state index contributed by atoms with van der Waals surface area (Å²) in [5.41, 5.74) is -0.420. The number of hydrogen-bond acceptors (Lipinski definition) is 3. The molecule has 0 saturated heterocycles. The van der Waals surface area contributed by atoms with E-state index in [2.05, 4.69) is 25.7 Å². The molecule has 0 radical (unpaired) electrons. The molecule has 0 spiro atoms. The Morgan fingerprint density at radius 2 is 2.13 bits per heavy atom. The molecule has 0 bridgehead atoms. The van der Waals surface area contributed by atoms with Gasteiger partial charge in [0, 0.05) is 0 Å². The van der Waals surface area contributed by atoms with Crippen molar-refractivity contribution in [3.63, 3.8) is 0 Å².